The molecule has 2 nitrogen and oxygen atoms in total. The van der Waals surface area contributed by atoms with Crippen molar-refractivity contribution in [3.8, 4) is 5.75 Å². The van der Waals surface area contributed by atoms with Gasteiger partial charge in [0.25, 0.3) is 0 Å². The van der Waals surface area contributed by atoms with E-state index in [1.807, 2.05) is 18.2 Å². The van der Waals surface area contributed by atoms with Gasteiger partial charge in [-0.1, -0.05) is 31.9 Å². The molecular weight excluding hydrogens is 258 g/mol. The molecule has 0 heterocycles. The molecule has 0 aliphatic carbocycles. The molecule has 0 aromatic heterocycles. The molecule has 0 aliphatic heterocycles. The Hall–Kier alpha value is -0.730. The van der Waals surface area contributed by atoms with Crippen molar-refractivity contribution < 1.29 is 4.74 Å². The molecule has 1 aromatic rings. The van der Waals surface area contributed by atoms with E-state index in [2.05, 4.69) is 19.2 Å². The number of halogens is 1. The zero-order valence-electron chi connectivity index (χ0n) is 12.3. The van der Waals surface area contributed by atoms with Crippen LogP contribution in [-0.2, 0) is 6.42 Å². The first-order valence-corrected chi connectivity index (χ1v) is 7.54. The Morgan fingerprint density at radius 2 is 2.00 bits per heavy atom. The van der Waals surface area contributed by atoms with Crippen LogP contribution in [0.5, 0.6) is 5.75 Å². The minimum atomic E-state index is 0.732. The maximum Gasteiger partial charge on any atom is 0.122 e. The Labute approximate surface area is 122 Å². The van der Waals surface area contributed by atoms with Crippen molar-refractivity contribution in [1.29, 1.82) is 0 Å². The fourth-order valence-electron chi connectivity index (χ4n) is 2.08. The molecule has 0 amide bonds. The van der Waals surface area contributed by atoms with E-state index in [4.69, 9.17) is 16.3 Å². The summed E-state index contributed by atoms with van der Waals surface area (Å²) >= 11 is 6.02. The molecule has 19 heavy (non-hydrogen) atoms. The fraction of sp³-hybridized carbons (Fsp3) is 0.625. The molecule has 0 spiro atoms. The standard InChI is InChI=1S/C16H26ClNO/c1-13(2)12-18-10-6-4-5-7-14-11-15(17)8-9-16(14)19-3/h8-9,11,13,18H,4-7,10,12H2,1-3H3. The van der Waals surface area contributed by atoms with Crippen LogP contribution in [-0.4, -0.2) is 20.2 Å². The van der Waals surface area contributed by atoms with Crippen LogP contribution in [0.3, 0.4) is 0 Å². The SMILES string of the molecule is COc1ccc(Cl)cc1CCCCCNCC(C)C. The van der Waals surface area contributed by atoms with Crippen LogP contribution in [0.2, 0.25) is 5.02 Å². The maximum absolute atomic E-state index is 6.02. The van der Waals surface area contributed by atoms with Gasteiger partial charge in [0.15, 0.2) is 0 Å². The van der Waals surface area contributed by atoms with E-state index in [0.717, 1.165) is 36.2 Å². The van der Waals surface area contributed by atoms with E-state index in [1.54, 1.807) is 7.11 Å². The monoisotopic (exact) mass is 283 g/mol. The molecule has 0 unspecified atom stereocenters. The van der Waals surface area contributed by atoms with Crippen LogP contribution in [0.25, 0.3) is 0 Å². The summed E-state index contributed by atoms with van der Waals surface area (Å²) in [4.78, 5) is 0. The summed E-state index contributed by atoms with van der Waals surface area (Å²) in [6.45, 7) is 6.70. The minimum Gasteiger partial charge on any atom is -0.496 e. The second kappa shape index (κ2) is 9.22. The van der Waals surface area contributed by atoms with Crippen molar-refractivity contribution in [3.63, 3.8) is 0 Å². The molecule has 0 fully saturated rings. The third-order valence-corrected chi connectivity index (χ3v) is 3.33. The zero-order chi connectivity index (χ0) is 14.1. The van der Waals surface area contributed by atoms with Crippen molar-refractivity contribution in [2.24, 2.45) is 5.92 Å². The third-order valence-electron chi connectivity index (χ3n) is 3.09. The molecule has 0 radical (unpaired) electrons. The van der Waals surface area contributed by atoms with Crippen LogP contribution < -0.4 is 10.1 Å². The summed E-state index contributed by atoms with van der Waals surface area (Å²) in [5.41, 5.74) is 1.21. The van der Waals surface area contributed by atoms with Gasteiger partial charge in [-0.05, 0) is 62.0 Å². The van der Waals surface area contributed by atoms with Gasteiger partial charge in [0.1, 0.15) is 5.75 Å². The van der Waals surface area contributed by atoms with Crippen molar-refractivity contribution in [2.75, 3.05) is 20.2 Å². The molecule has 0 atom stereocenters. The number of hydrogen-bond donors (Lipinski definition) is 1. The fourth-order valence-corrected chi connectivity index (χ4v) is 2.27. The van der Waals surface area contributed by atoms with E-state index in [9.17, 15) is 0 Å². The highest BCUT2D eigenvalue weighted by Crippen LogP contribution is 2.24. The van der Waals surface area contributed by atoms with Crippen LogP contribution in [0.4, 0.5) is 0 Å². The number of hydrogen-bond acceptors (Lipinski definition) is 2. The van der Waals surface area contributed by atoms with Crippen LogP contribution in [0.1, 0.15) is 38.7 Å². The Bertz CT molecular complexity index is 366. The summed E-state index contributed by atoms with van der Waals surface area (Å²) in [5.74, 6) is 1.68. The van der Waals surface area contributed by atoms with Gasteiger partial charge in [-0.2, -0.15) is 0 Å². The van der Waals surface area contributed by atoms with Crippen molar-refractivity contribution in [3.05, 3.63) is 28.8 Å². The highest BCUT2D eigenvalue weighted by molar-refractivity contribution is 6.30. The quantitative estimate of drug-likeness (QED) is 0.682. The average molecular weight is 284 g/mol. The Morgan fingerprint density at radius 1 is 1.21 bits per heavy atom. The van der Waals surface area contributed by atoms with E-state index in [-0.39, 0.29) is 0 Å². The number of nitrogens with one attached hydrogen (secondary N) is 1. The summed E-state index contributed by atoms with van der Waals surface area (Å²) in [6.07, 6.45) is 4.68. The molecule has 1 N–H and O–H groups in total. The number of benzene rings is 1. The molecular formula is C16H26ClNO. The Balaban J connectivity index is 2.20. The summed E-state index contributed by atoms with van der Waals surface area (Å²) in [7, 11) is 1.71. The van der Waals surface area contributed by atoms with E-state index in [1.165, 1.54) is 24.8 Å². The smallest absolute Gasteiger partial charge is 0.122 e. The van der Waals surface area contributed by atoms with Gasteiger partial charge in [-0.25, -0.2) is 0 Å². The highest BCUT2D eigenvalue weighted by atomic mass is 35.5. The topological polar surface area (TPSA) is 21.3 Å². The lowest BCUT2D eigenvalue weighted by molar-refractivity contribution is 0.408. The Morgan fingerprint density at radius 3 is 2.68 bits per heavy atom. The first kappa shape index (κ1) is 16.3. The van der Waals surface area contributed by atoms with Crippen molar-refractivity contribution >= 4 is 11.6 Å². The normalized spacial score (nSPS) is 11.0. The lowest BCUT2D eigenvalue weighted by Crippen LogP contribution is -2.20. The number of methoxy groups -OCH3 is 1. The maximum atomic E-state index is 6.02. The molecule has 3 heteroatoms. The number of ether oxygens (including phenoxy) is 1. The summed E-state index contributed by atoms with van der Waals surface area (Å²) < 4.78 is 5.35. The molecule has 1 aromatic carbocycles. The number of unbranched alkanes of at least 4 members (excludes halogenated alkanes) is 2. The second-order valence-electron chi connectivity index (χ2n) is 5.36. The second-order valence-corrected chi connectivity index (χ2v) is 5.80. The van der Waals surface area contributed by atoms with Crippen LogP contribution >= 0.6 is 11.6 Å². The van der Waals surface area contributed by atoms with Gasteiger partial charge in [0, 0.05) is 5.02 Å². The molecule has 1 rings (SSSR count). The highest BCUT2D eigenvalue weighted by Gasteiger charge is 2.03. The Kier molecular flexibility index (Phi) is 7.92. The summed E-state index contributed by atoms with van der Waals surface area (Å²) in [6, 6.07) is 5.83. The first-order valence-electron chi connectivity index (χ1n) is 7.16. The lowest BCUT2D eigenvalue weighted by Gasteiger charge is -2.09. The molecule has 108 valence electrons. The van der Waals surface area contributed by atoms with Gasteiger partial charge < -0.3 is 10.1 Å². The largest absolute Gasteiger partial charge is 0.496 e. The van der Waals surface area contributed by atoms with Gasteiger partial charge >= 0.3 is 0 Å². The van der Waals surface area contributed by atoms with Gasteiger partial charge in [0.2, 0.25) is 0 Å². The van der Waals surface area contributed by atoms with Gasteiger partial charge in [-0.3, -0.25) is 0 Å². The molecule has 0 bridgehead atoms. The van der Waals surface area contributed by atoms with Gasteiger partial charge in [0.05, 0.1) is 7.11 Å². The van der Waals surface area contributed by atoms with E-state index >= 15 is 0 Å². The third kappa shape index (κ3) is 6.84. The lowest BCUT2D eigenvalue weighted by atomic mass is 10.1. The minimum absolute atomic E-state index is 0.732. The van der Waals surface area contributed by atoms with Crippen LogP contribution in [0.15, 0.2) is 18.2 Å². The predicted molar refractivity (Wildman–Crippen MR) is 83.3 cm³/mol. The molecule has 0 aliphatic rings. The van der Waals surface area contributed by atoms with Crippen LogP contribution in [0, 0.1) is 5.92 Å². The first-order chi connectivity index (χ1) is 9.13. The predicted octanol–water partition coefficient (Wildman–Crippen LogP) is 4.31. The number of aryl methyl sites for hydroxylation is 1. The van der Waals surface area contributed by atoms with Gasteiger partial charge in [-0.15, -0.1) is 0 Å². The summed E-state index contributed by atoms with van der Waals surface area (Å²) in [5, 5.41) is 4.26. The van der Waals surface area contributed by atoms with Crippen molar-refractivity contribution in [1.82, 2.24) is 5.32 Å². The van der Waals surface area contributed by atoms with E-state index in [0.29, 0.717) is 0 Å². The molecule has 0 saturated carbocycles. The zero-order valence-corrected chi connectivity index (χ0v) is 13.1. The molecule has 0 saturated heterocycles. The van der Waals surface area contributed by atoms with Crippen molar-refractivity contribution in [2.45, 2.75) is 39.5 Å². The van der Waals surface area contributed by atoms with E-state index < -0.39 is 0 Å². The average Bonchev–Trinajstić information content (AvgIpc) is 2.37. The number of rotatable bonds is 9.